The van der Waals surface area contributed by atoms with E-state index in [0.717, 1.165) is 6.07 Å². The van der Waals surface area contributed by atoms with E-state index < -0.39 is 17.8 Å². The molecular weight excluding hydrogens is 425 g/mol. The number of hydrogen-bond donors (Lipinski definition) is 1. The number of nitrogen functional groups attached to an aromatic ring is 1. The van der Waals surface area contributed by atoms with Crippen LogP contribution in [0.3, 0.4) is 0 Å². The summed E-state index contributed by atoms with van der Waals surface area (Å²) >= 11 is 0. The van der Waals surface area contributed by atoms with Crippen LogP contribution >= 0.6 is 0 Å². The molecule has 0 aliphatic carbocycles. The number of alkyl halides is 3. The van der Waals surface area contributed by atoms with Gasteiger partial charge in [0.05, 0.1) is 25.0 Å². The van der Waals surface area contributed by atoms with Crippen molar-refractivity contribution in [3.8, 4) is 28.3 Å². The quantitative estimate of drug-likeness (QED) is 0.423. The number of carbonyl (C=O) groups excluding carboxylic acids is 1. The molecule has 2 N–H and O–H groups in total. The molecule has 3 aromatic rings. The summed E-state index contributed by atoms with van der Waals surface area (Å²) in [5.74, 6) is -0.488. The predicted molar refractivity (Wildman–Crippen MR) is 112 cm³/mol. The molecule has 0 aliphatic heterocycles. The van der Waals surface area contributed by atoms with E-state index in [1.165, 1.54) is 20.1 Å². The summed E-state index contributed by atoms with van der Waals surface area (Å²) in [5, 5.41) is 0. The highest BCUT2D eigenvalue weighted by Crippen LogP contribution is 2.40. The molecule has 0 unspecified atom stereocenters. The van der Waals surface area contributed by atoms with Gasteiger partial charge in [-0.05, 0) is 31.0 Å². The Balaban J connectivity index is 2.13. The number of esters is 1. The van der Waals surface area contributed by atoms with Crippen LogP contribution in [0.1, 0.15) is 24.2 Å². The molecule has 0 saturated carbocycles. The van der Waals surface area contributed by atoms with Gasteiger partial charge in [0, 0.05) is 17.7 Å². The molecule has 0 spiro atoms. The first-order valence-electron chi connectivity index (χ1n) is 9.68. The van der Waals surface area contributed by atoms with Crippen molar-refractivity contribution in [2.45, 2.75) is 25.9 Å². The number of benzene rings is 1. The summed E-state index contributed by atoms with van der Waals surface area (Å²) in [4.78, 5) is 23.3. The van der Waals surface area contributed by atoms with Gasteiger partial charge in [0.2, 0.25) is 11.8 Å². The van der Waals surface area contributed by atoms with E-state index in [-0.39, 0.29) is 41.7 Å². The van der Waals surface area contributed by atoms with Crippen molar-refractivity contribution in [1.82, 2.24) is 15.0 Å². The molecule has 0 atom stereocenters. The smallest absolute Gasteiger partial charge is 0.433 e. The van der Waals surface area contributed by atoms with Gasteiger partial charge in [-0.25, -0.2) is 9.97 Å². The average Bonchev–Trinajstić information content (AvgIpc) is 2.75. The number of methoxy groups -OCH3 is 1. The maximum atomic E-state index is 13.4. The molecule has 0 fully saturated rings. The maximum absolute atomic E-state index is 13.4. The third-order valence-electron chi connectivity index (χ3n) is 4.46. The molecule has 168 valence electrons. The zero-order valence-corrected chi connectivity index (χ0v) is 17.4. The number of aromatic nitrogens is 3. The SMILES string of the molecule is COC(=O)CCCOc1nc(N)nc(-c2ccccc2)c1-c1cc(C)nc(C(F)(F)F)c1. The normalized spacial score (nSPS) is 11.3. The zero-order chi connectivity index (χ0) is 23.3. The summed E-state index contributed by atoms with van der Waals surface area (Å²) in [6, 6.07) is 11.3. The van der Waals surface area contributed by atoms with Crippen molar-refractivity contribution in [1.29, 1.82) is 0 Å². The number of hydrogen-bond acceptors (Lipinski definition) is 7. The van der Waals surface area contributed by atoms with Gasteiger partial charge in [0.1, 0.15) is 5.69 Å². The molecule has 0 saturated heterocycles. The zero-order valence-electron chi connectivity index (χ0n) is 17.4. The van der Waals surface area contributed by atoms with Crippen LogP contribution in [-0.2, 0) is 15.7 Å². The van der Waals surface area contributed by atoms with Gasteiger partial charge < -0.3 is 15.2 Å². The molecule has 32 heavy (non-hydrogen) atoms. The monoisotopic (exact) mass is 446 g/mol. The molecule has 0 aliphatic rings. The van der Waals surface area contributed by atoms with Crippen LogP contribution in [-0.4, -0.2) is 34.6 Å². The molecule has 0 bridgehead atoms. The Bertz CT molecular complexity index is 1110. The second kappa shape index (κ2) is 9.63. The Kier molecular flexibility index (Phi) is 6.92. The molecule has 0 amide bonds. The van der Waals surface area contributed by atoms with E-state index in [9.17, 15) is 18.0 Å². The van der Waals surface area contributed by atoms with E-state index in [2.05, 4.69) is 19.7 Å². The van der Waals surface area contributed by atoms with Gasteiger partial charge in [-0.15, -0.1) is 0 Å². The number of aryl methyl sites for hydroxylation is 1. The van der Waals surface area contributed by atoms with Crippen LogP contribution in [0.15, 0.2) is 42.5 Å². The van der Waals surface area contributed by atoms with Crippen LogP contribution < -0.4 is 10.5 Å². The third kappa shape index (κ3) is 5.51. The number of ether oxygens (including phenoxy) is 2. The van der Waals surface area contributed by atoms with E-state index >= 15 is 0 Å². The first kappa shape index (κ1) is 23.0. The molecular formula is C22H21F3N4O3. The second-order valence-electron chi connectivity index (χ2n) is 6.88. The van der Waals surface area contributed by atoms with Gasteiger partial charge in [-0.1, -0.05) is 30.3 Å². The highest BCUT2D eigenvalue weighted by atomic mass is 19.4. The number of nitrogens with zero attached hydrogens (tertiary/aromatic N) is 3. The van der Waals surface area contributed by atoms with E-state index in [4.69, 9.17) is 10.5 Å². The molecule has 7 nitrogen and oxygen atoms in total. The topological polar surface area (TPSA) is 100 Å². The van der Waals surface area contributed by atoms with Crippen LogP contribution in [0, 0.1) is 6.92 Å². The van der Waals surface area contributed by atoms with Gasteiger partial charge >= 0.3 is 12.1 Å². The summed E-state index contributed by atoms with van der Waals surface area (Å²) in [5.41, 5.74) is 6.38. The van der Waals surface area contributed by atoms with Crippen LogP contribution in [0.4, 0.5) is 19.1 Å². The summed E-state index contributed by atoms with van der Waals surface area (Å²) in [6.07, 6.45) is -4.20. The number of nitrogens with two attached hydrogens (primary N) is 1. The second-order valence-corrected chi connectivity index (χ2v) is 6.88. The molecule has 1 aromatic carbocycles. The third-order valence-corrected chi connectivity index (χ3v) is 4.46. The van der Waals surface area contributed by atoms with Crippen molar-refractivity contribution >= 4 is 11.9 Å². The lowest BCUT2D eigenvalue weighted by Crippen LogP contribution is -2.11. The Morgan fingerprint density at radius 2 is 1.78 bits per heavy atom. The van der Waals surface area contributed by atoms with Crippen LogP contribution in [0.2, 0.25) is 0 Å². The average molecular weight is 446 g/mol. The number of halogens is 3. The largest absolute Gasteiger partial charge is 0.477 e. The molecule has 2 aromatic heterocycles. The lowest BCUT2D eigenvalue weighted by Gasteiger charge is -2.17. The fourth-order valence-electron chi connectivity index (χ4n) is 3.07. The van der Waals surface area contributed by atoms with E-state index in [0.29, 0.717) is 17.7 Å². The maximum Gasteiger partial charge on any atom is 0.433 e. The minimum absolute atomic E-state index is 0.0138. The summed E-state index contributed by atoms with van der Waals surface area (Å²) < 4.78 is 50.6. The Hall–Kier alpha value is -3.69. The molecule has 10 heteroatoms. The Morgan fingerprint density at radius 3 is 2.44 bits per heavy atom. The van der Waals surface area contributed by atoms with Crippen LogP contribution in [0.5, 0.6) is 5.88 Å². The van der Waals surface area contributed by atoms with E-state index in [1.807, 2.05) is 0 Å². The standard InChI is InChI=1S/C22H21F3N4O3/c1-13-11-15(12-16(27-13)22(23,24)25)18-19(14-7-4-3-5-8-14)28-21(26)29-20(18)32-10-6-9-17(30)31-2/h3-5,7-8,11-12H,6,9-10H2,1-2H3,(H2,26,28,29). The van der Waals surface area contributed by atoms with Gasteiger partial charge in [-0.3, -0.25) is 4.79 Å². The van der Waals surface area contributed by atoms with Crippen molar-refractivity contribution < 1.29 is 27.4 Å². The highest BCUT2D eigenvalue weighted by Gasteiger charge is 2.33. The lowest BCUT2D eigenvalue weighted by molar-refractivity contribution is -0.141. The van der Waals surface area contributed by atoms with Crippen molar-refractivity contribution in [2.75, 3.05) is 19.5 Å². The number of pyridine rings is 1. The Morgan fingerprint density at radius 1 is 1.06 bits per heavy atom. The molecule has 3 rings (SSSR count). The molecule has 0 radical (unpaired) electrons. The van der Waals surface area contributed by atoms with E-state index in [1.54, 1.807) is 30.3 Å². The van der Waals surface area contributed by atoms with Crippen molar-refractivity contribution in [2.24, 2.45) is 0 Å². The minimum atomic E-state index is -4.64. The van der Waals surface area contributed by atoms with Crippen molar-refractivity contribution in [3.05, 3.63) is 53.9 Å². The number of anilines is 1. The van der Waals surface area contributed by atoms with Crippen LogP contribution in [0.25, 0.3) is 22.4 Å². The first-order valence-corrected chi connectivity index (χ1v) is 9.68. The summed E-state index contributed by atoms with van der Waals surface area (Å²) in [7, 11) is 1.28. The number of carbonyl (C=O) groups is 1. The summed E-state index contributed by atoms with van der Waals surface area (Å²) in [6.45, 7) is 1.54. The van der Waals surface area contributed by atoms with Gasteiger partial charge in [-0.2, -0.15) is 18.2 Å². The predicted octanol–water partition coefficient (Wildman–Crippen LogP) is 4.45. The number of rotatable bonds is 7. The lowest BCUT2D eigenvalue weighted by atomic mass is 9.99. The minimum Gasteiger partial charge on any atom is -0.477 e. The fraction of sp³-hybridized carbons (Fsp3) is 0.273. The van der Waals surface area contributed by atoms with Gasteiger partial charge in [0.25, 0.3) is 0 Å². The first-order chi connectivity index (χ1) is 15.2. The van der Waals surface area contributed by atoms with Crippen molar-refractivity contribution in [3.63, 3.8) is 0 Å². The Labute approximate surface area is 182 Å². The van der Waals surface area contributed by atoms with Gasteiger partial charge in [0.15, 0.2) is 0 Å². The highest BCUT2D eigenvalue weighted by molar-refractivity contribution is 5.85. The molecule has 2 heterocycles. The fourth-order valence-corrected chi connectivity index (χ4v) is 3.07.